The molecule has 3 fully saturated rings. The maximum absolute atomic E-state index is 10.6. The van der Waals surface area contributed by atoms with Gasteiger partial charge in [0.25, 0.3) is 0 Å². The van der Waals surface area contributed by atoms with Crippen molar-refractivity contribution >= 4 is 17.7 Å². The Hall–Kier alpha value is -0.440. The second-order valence-corrected chi connectivity index (χ2v) is 10.7. The number of hydrogen-bond acceptors (Lipinski definition) is 2. The molecular formula is C24H40O2S. The molecule has 3 rings (SSSR count). The molecule has 2 nitrogen and oxygen atoms in total. The topological polar surface area (TPSA) is 37.3 Å². The van der Waals surface area contributed by atoms with E-state index in [9.17, 15) is 4.79 Å². The van der Waals surface area contributed by atoms with E-state index in [-0.39, 0.29) is 0 Å². The molecule has 0 aromatic heterocycles. The van der Waals surface area contributed by atoms with E-state index < -0.39 is 5.97 Å². The van der Waals surface area contributed by atoms with Crippen molar-refractivity contribution in [3.63, 3.8) is 0 Å². The van der Waals surface area contributed by atoms with Crippen LogP contribution in [0.3, 0.4) is 0 Å². The number of unbranched alkanes of at least 4 members (excludes halogenated alkanes) is 2. The van der Waals surface area contributed by atoms with Gasteiger partial charge in [0.1, 0.15) is 0 Å². The van der Waals surface area contributed by atoms with Crippen LogP contribution in [-0.2, 0) is 4.79 Å². The number of aliphatic carboxylic acids is 1. The molecule has 27 heavy (non-hydrogen) atoms. The predicted octanol–water partition coefficient (Wildman–Crippen LogP) is 7.09. The fourth-order valence-electron chi connectivity index (χ4n) is 6.05. The number of allylic oxidation sites excluding steroid dienone is 2. The van der Waals surface area contributed by atoms with E-state index in [1.165, 1.54) is 82.8 Å². The summed E-state index contributed by atoms with van der Waals surface area (Å²) < 4.78 is 0. The Kier molecular flexibility index (Phi) is 9.09. The minimum atomic E-state index is -0.668. The van der Waals surface area contributed by atoms with Gasteiger partial charge in [-0.15, -0.1) is 0 Å². The van der Waals surface area contributed by atoms with Gasteiger partial charge in [0.15, 0.2) is 0 Å². The van der Waals surface area contributed by atoms with Gasteiger partial charge in [-0.25, -0.2) is 0 Å². The van der Waals surface area contributed by atoms with Crippen LogP contribution < -0.4 is 0 Å². The van der Waals surface area contributed by atoms with Crippen molar-refractivity contribution in [1.82, 2.24) is 0 Å². The Morgan fingerprint density at radius 1 is 0.926 bits per heavy atom. The lowest BCUT2D eigenvalue weighted by atomic mass is 9.75. The maximum atomic E-state index is 10.6. The summed E-state index contributed by atoms with van der Waals surface area (Å²) in [6, 6.07) is 0. The van der Waals surface area contributed by atoms with Gasteiger partial charge in [0.05, 0.1) is 0 Å². The van der Waals surface area contributed by atoms with Crippen molar-refractivity contribution < 1.29 is 9.90 Å². The number of hydrogen-bond donors (Lipinski definition) is 1. The minimum absolute atomic E-state index is 0.306. The number of carboxylic acid groups (broad SMARTS) is 1. The molecule has 3 aliphatic carbocycles. The fourth-order valence-corrected chi connectivity index (χ4v) is 7.42. The standard InChI is InChI=1S/C24H40O2S/c25-24(26)14-7-2-1-6-12-22-19-15-16-20(18-19)23(22)13-8-9-17-27-21-10-4-3-5-11-21/h1,6,19-23H,2-5,7-18H2,(H,25,26)/b6-1-/t19-,20+,22-,23+/m0/s1. The smallest absolute Gasteiger partial charge is 0.303 e. The second kappa shape index (κ2) is 11.5. The van der Waals surface area contributed by atoms with Crippen LogP contribution >= 0.6 is 11.8 Å². The Morgan fingerprint density at radius 3 is 2.48 bits per heavy atom. The largest absolute Gasteiger partial charge is 0.481 e. The molecule has 0 heterocycles. The molecule has 4 atom stereocenters. The summed E-state index contributed by atoms with van der Waals surface area (Å²) in [5.74, 6) is 4.63. The Balaban J connectivity index is 1.31. The quantitative estimate of drug-likeness (QED) is 0.284. The van der Waals surface area contributed by atoms with Crippen molar-refractivity contribution in [2.24, 2.45) is 23.7 Å². The molecule has 0 amide bonds. The average Bonchev–Trinajstić information content (AvgIpc) is 3.27. The molecule has 0 aliphatic heterocycles. The SMILES string of the molecule is O=C(O)CCC/C=C\C[C@H]1[C@H]2CC[C@H](C2)[C@H]1CCCCSC1CCCCC1. The van der Waals surface area contributed by atoms with E-state index in [4.69, 9.17) is 5.11 Å². The zero-order valence-electron chi connectivity index (χ0n) is 17.1. The van der Waals surface area contributed by atoms with Crippen LogP contribution in [-0.4, -0.2) is 22.1 Å². The highest BCUT2D eigenvalue weighted by molar-refractivity contribution is 7.99. The Morgan fingerprint density at radius 2 is 1.70 bits per heavy atom. The van der Waals surface area contributed by atoms with Crippen LogP contribution in [0, 0.1) is 23.7 Å². The first-order valence-electron chi connectivity index (χ1n) is 11.7. The first-order chi connectivity index (χ1) is 13.2. The first-order valence-corrected chi connectivity index (χ1v) is 12.8. The van der Waals surface area contributed by atoms with Gasteiger partial charge < -0.3 is 5.11 Å². The lowest BCUT2D eigenvalue weighted by Gasteiger charge is -2.30. The number of carboxylic acids is 1. The molecule has 3 aliphatic rings. The predicted molar refractivity (Wildman–Crippen MR) is 116 cm³/mol. The summed E-state index contributed by atoms with van der Waals surface area (Å²) in [5, 5.41) is 9.69. The molecule has 0 unspecified atom stereocenters. The van der Waals surface area contributed by atoms with Crippen molar-refractivity contribution in [2.45, 2.75) is 102 Å². The zero-order chi connectivity index (χ0) is 18.9. The van der Waals surface area contributed by atoms with Gasteiger partial charge in [-0.05, 0) is 93.6 Å². The first kappa shape index (κ1) is 21.3. The summed E-state index contributed by atoms with van der Waals surface area (Å²) in [6.45, 7) is 0. The molecule has 0 aromatic carbocycles. The lowest BCUT2D eigenvalue weighted by Crippen LogP contribution is -2.22. The second-order valence-electron chi connectivity index (χ2n) is 9.28. The van der Waals surface area contributed by atoms with E-state index in [0.717, 1.165) is 41.8 Å². The summed E-state index contributed by atoms with van der Waals surface area (Å²) in [6.07, 6.45) is 24.0. The van der Waals surface area contributed by atoms with Crippen molar-refractivity contribution in [1.29, 1.82) is 0 Å². The minimum Gasteiger partial charge on any atom is -0.481 e. The summed E-state index contributed by atoms with van der Waals surface area (Å²) in [4.78, 5) is 10.6. The van der Waals surface area contributed by atoms with Crippen molar-refractivity contribution in [2.75, 3.05) is 5.75 Å². The molecule has 3 heteroatoms. The molecule has 0 saturated heterocycles. The Labute approximate surface area is 171 Å². The van der Waals surface area contributed by atoms with Gasteiger partial charge in [-0.2, -0.15) is 11.8 Å². The van der Waals surface area contributed by atoms with Gasteiger partial charge in [-0.3, -0.25) is 4.79 Å². The van der Waals surface area contributed by atoms with Crippen LogP contribution in [0.5, 0.6) is 0 Å². The highest BCUT2D eigenvalue weighted by Crippen LogP contribution is 2.55. The van der Waals surface area contributed by atoms with Gasteiger partial charge in [-0.1, -0.05) is 37.8 Å². The molecule has 154 valence electrons. The van der Waals surface area contributed by atoms with Crippen molar-refractivity contribution in [3.8, 4) is 0 Å². The molecule has 0 radical (unpaired) electrons. The van der Waals surface area contributed by atoms with E-state index in [1.807, 2.05) is 0 Å². The number of carbonyl (C=O) groups is 1. The summed E-state index contributed by atoms with van der Waals surface area (Å²) in [5.41, 5.74) is 0. The third-order valence-corrected chi connectivity index (χ3v) is 8.92. The van der Waals surface area contributed by atoms with Crippen LogP contribution in [0.15, 0.2) is 12.2 Å². The van der Waals surface area contributed by atoms with Crippen LogP contribution in [0.25, 0.3) is 0 Å². The normalized spacial score (nSPS) is 31.1. The highest BCUT2D eigenvalue weighted by atomic mass is 32.2. The average molecular weight is 393 g/mol. The monoisotopic (exact) mass is 392 g/mol. The van der Waals surface area contributed by atoms with Crippen LogP contribution in [0.2, 0.25) is 0 Å². The van der Waals surface area contributed by atoms with Crippen LogP contribution in [0.4, 0.5) is 0 Å². The van der Waals surface area contributed by atoms with Gasteiger partial charge in [0.2, 0.25) is 0 Å². The summed E-state index contributed by atoms with van der Waals surface area (Å²) >= 11 is 2.27. The molecule has 1 N–H and O–H groups in total. The van der Waals surface area contributed by atoms with Crippen molar-refractivity contribution in [3.05, 3.63) is 12.2 Å². The fraction of sp³-hybridized carbons (Fsp3) is 0.875. The molecule has 0 aromatic rings. The molecule has 2 bridgehead atoms. The van der Waals surface area contributed by atoms with Gasteiger partial charge >= 0.3 is 5.97 Å². The van der Waals surface area contributed by atoms with E-state index in [1.54, 1.807) is 0 Å². The maximum Gasteiger partial charge on any atom is 0.303 e. The molecule has 0 spiro atoms. The number of rotatable bonds is 12. The third kappa shape index (κ3) is 6.84. The number of fused-ring (bicyclic) bond motifs is 2. The Bertz CT molecular complexity index is 469. The molecule has 3 saturated carbocycles. The van der Waals surface area contributed by atoms with Gasteiger partial charge in [0, 0.05) is 11.7 Å². The third-order valence-electron chi connectivity index (χ3n) is 7.45. The number of thioether (sulfide) groups is 1. The van der Waals surface area contributed by atoms with Crippen LogP contribution in [0.1, 0.15) is 96.3 Å². The lowest BCUT2D eigenvalue weighted by molar-refractivity contribution is -0.137. The molecular weight excluding hydrogens is 352 g/mol. The van der Waals surface area contributed by atoms with E-state index in [2.05, 4.69) is 23.9 Å². The summed E-state index contributed by atoms with van der Waals surface area (Å²) in [7, 11) is 0. The van der Waals surface area contributed by atoms with E-state index in [0.29, 0.717) is 6.42 Å². The zero-order valence-corrected chi connectivity index (χ0v) is 17.9. The highest BCUT2D eigenvalue weighted by Gasteiger charge is 2.45. The van der Waals surface area contributed by atoms with E-state index >= 15 is 0 Å².